The highest BCUT2D eigenvalue weighted by molar-refractivity contribution is 5.67. The van der Waals surface area contributed by atoms with E-state index in [1.165, 1.54) is 44.9 Å². The van der Waals surface area contributed by atoms with Gasteiger partial charge >= 0.3 is 5.97 Å². The molecule has 0 saturated heterocycles. The van der Waals surface area contributed by atoms with Crippen molar-refractivity contribution in [2.45, 2.75) is 70.8 Å². The second kappa shape index (κ2) is 7.70. The van der Waals surface area contributed by atoms with Gasteiger partial charge in [-0.3, -0.25) is 4.79 Å². The molecule has 2 atom stereocenters. The molecule has 3 N–H and O–H groups in total. The fourth-order valence-corrected chi connectivity index (χ4v) is 2.94. The van der Waals surface area contributed by atoms with Gasteiger partial charge in [0.25, 0.3) is 0 Å². The minimum Gasteiger partial charge on any atom is -0.481 e. The third-order valence-electron chi connectivity index (χ3n) is 3.93. The van der Waals surface area contributed by atoms with Crippen LogP contribution in [0.25, 0.3) is 0 Å². The van der Waals surface area contributed by atoms with Crippen LogP contribution >= 0.6 is 0 Å². The normalized spacial score (nSPS) is 21.1. The molecule has 0 amide bonds. The lowest BCUT2D eigenvalue weighted by Gasteiger charge is -2.23. The molecule has 3 heteroatoms. The number of carboxylic acid groups (broad SMARTS) is 1. The molecule has 0 bridgehead atoms. The second-order valence-electron chi connectivity index (χ2n) is 5.78. The summed E-state index contributed by atoms with van der Waals surface area (Å²) in [5.74, 6) is 0.699. The molecule has 2 unspecified atom stereocenters. The zero-order chi connectivity index (χ0) is 12.7. The van der Waals surface area contributed by atoms with Crippen LogP contribution in [0.15, 0.2) is 0 Å². The average molecular weight is 241 g/mol. The molecule has 0 aromatic carbocycles. The fraction of sp³-hybridized carbons (Fsp3) is 0.929. The standard InChI is InChI=1S/C14H27NO2/c1-11(9-13(15)10-14(16)17)7-8-12-5-3-2-4-6-12/h11-13H,2-10,15H2,1H3,(H,16,17). The highest BCUT2D eigenvalue weighted by Crippen LogP contribution is 2.29. The molecule has 0 aromatic heterocycles. The molecule has 17 heavy (non-hydrogen) atoms. The fourth-order valence-electron chi connectivity index (χ4n) is 2.94. The van der Waals surface area contributed by atoms with Crippen LogP contribution in [-0.4, -0.2) is 17.1 Å². The van der Waals surface area contributed by atoms with Gasteiger partial charge in [-0.05, 0) is 18.3 Å². The smallest absolute Gasteiger partial charge is 0.304 e. The van der Waals surface area contributed by atoms with Gasteiger partial charge in [-0.15, -0.1) is 0 Å². The van der Waals surface area contributed by atoms with Gasteiger partial charge in [0.1, 0.15) is 0 Å². The van der Waals surface area contributed by atoms with Crippen LogP contribution < -0.4 is 5.73 Å². The summed E-state index contributed by atoms with van der Waals surface area (Å²) in [6.45, 7) is 2.20. The Bertz CT molecular complexity index is 224. The van der Waals surface area contributed by atoms with Gasteiger partial charge in [-0.25, -0.2) is 0 Å². The Kier molecular flexibility index (Phi) is 6.56. The number of hydrogen-bond donors (Lipinski definition) is 2. The van der Waals surface area contributed by atoms with Crippen molar-refractivity contribution in [1.82, 2.24) is 0 Å². The van der Waals surface area contributed by atoms with E-state index in [-0.39, 0.29) is 12.5 Å². The van der Waals surface area contributed by atoms with Crippen LogP contribution in [-0.2, 0) is 4.79 Å². The molecule has 1 saturated carbocycles. The SMILES string of the molecule is CC(CCC1CCCCC1)CC(N)CC(=O)O. The Morgan fingerprint density at radius 2 is 2.00 bits per heavy atom. The molecule has 3 nitrogen and oxygen atoms in total. The van der Waals surface area contributed by atoms with E-state index in [0.29, 0.717) is 5.92 Å². The Hall–Kier alpha value is -0.570. The molecule has 1 rings (SSSR count). The van der Waals surface area contributed by atoms with Crippen molar-refractivity contribution in [2.24, 2.45) is 17.6 Å². The van der Waals surface area contributed by atoms with E-state index in [0.717, 1.165) is 12.3 Å². The number of carboxylic acids is 1. The van der Waals surface area contributed by atoms with E-state index in [1.807, 2.05) is 0 Å². The highest BCUT2D eigenvalue weighted by Gasteiger charge is 2.16. The third kappa shape index (κ3) is 6.67. The zero-order valence-corrected chi connectivity index (χ0v) is 11.0. The van der Waals surface area contributed by atoms with Crippen LogP contribution in [0.2, 0.25) is 0 Å². The molecule has 0 spiro atoms. The Balaban J connectivity index is 2.11. The number of rotatable bonds is 7. The maximum Gasteiger partial charge on any atom is 0.304 e. The summed E-state index contributed by atoms with van der Waals surface area (Å²) in [5, 5.41) is 8.65. The van der Waals surface area contributed by atoms with Gasteiger partial charge < -0.3 is 10.8 Å². The summed E-state index contributed by atoms with van der Waals surface area (Å²) in [6, 6.07) is -0.172. The van der Waals surface area contributed by atoms with Crippen molar-refractivity contribution in [1.29, 1.82) is 0 Å². The third-order valence-corrected chi connectivity index (χ3v) is 3.93. The Morgan fingerprint density at radius 1 is 1.35 bits per heavy atom. The maximum absolute atomic E-state index is 10.5. The molecule has 1 aliphatic rings. The number of nitrogens with two attached hydrogens (primary N) is 1. The summed E-state index contributed by atoms with van der Waals surface area (Å²) >= 11 is 0. The summed E-state index contributed by atoms with van der Waals surface area (Å²) < 4.78 is 0. The van der Waals surface area contributed by atoms with Gasteiger partial charge in [0, 0.05) is 6.04 Å². The molecule has 0 heterocycles. The Labute approximate surface area is 105 Å². The first-order valence-corrected chi connectivity index (χ1v) is 7.05. The molecule has 0 aliphatic heterocycles. The van der Waals surface area contributed by atoms with E-state index in [4.69, 9.17) is 10.8 Å². The van der Waals surface area contributed by atoms with Gasteiger partial charge in [0.15, 0.2) is 0 Å². The van der Waals surface area contributed by atoms with Crippen LogP contribution in [0, 0.1) is 11.8 Å². The average Bonchev–Trinajstić information content (AvgIpc) is 2.26. The maximum atomic E-state index is 10.5. The van der Waals surface area contributed by atoms with Crippen molar-refractivity contribution in [3.05, 3.63) is 0 Å². The topological polar surface area (TPSA) is 63.3 Å². The van der Waals surface area contributed by atoms with Crippen molar-refractivity contribution in [3.63, 3.8) is 0 Å². The lowest BCUT2D eigenvalue weighted by molar-refractivity contribution is -0.137. The molecule has 1 aliphatic carbocycles. The summed E-state index contributed by atoms with van der Waals surface area (Å²) in [7, 11) is 0. The van der Waals surface area contributed by atoms with Crippen molar-refractivity contribution >= 4 is 5.97 Å². The molecule has 0 aromatic rings. The first-order valence-electron chi connectivity index (χ1n) is 7.05. The molecular weight excluding hydrogens is 214 g/mol. The lowest BCUT2D eigenvalue weighted by atomic mass is 9.83. The molecule has 100 valence electrons. The van der Waals surface area contributed by atoms with Crippen LogP contribution in [0.1, 0.15) is 64.7 Å². The predicted octanol–water partition coefficient (Wildman–Crippen LogP) is 3.18. The number of aliphatic carboxylic acids is 1. The van der Waals surface area contributed by atoms with E-state index >= 15 is 0 Å². The van der Waals surface area contributed by atoms with Crippen molar-refractivity contribution in [2.75, 3.05) is 0 Å². The van der Waals surface area contributed by atoms with Gasteiger partial charge in [0.05, 0.1) is 6.42 Å². The second-order valence-corrected chi connectivity index (χ2v) is 5.78. The highest BCUT2D eigenvalue weighted by atomic mass is 16.4. The van der Waals surface area contributed by atoms with Gasteiger partial charge in [-0.2, -0.15) is 0 Å². The first-order chi connectivity index (χ1) is 8.08. The van der Waals surface area contributed by atoms with Crippen LogP contribution in [0.4, 0.5) is 0 Å². The summed E-state index contributed by atoms with van der Waals surface area (Å²) in [6.07, 6.45) is 10.5. The van der Waals surface area contributed by atoms with Crippen molar-refractivity contribution < 1.29 is 9.90 Å². The Morgan fingerprint density at radius 3 is 2.59 bits per heavy atom. The lowest BCUT2D eigenvalue weighted by Crippen LogP contribution is -2.26. The summed E-state index contributed by atoms with van der Waals surface area (Å²) in [4.78, 5) is 10.5. The van der Waals surface area contributed by atoms with Crippen molar-refractivity contribution in [3.8, 4) is 0 Å². The monoisotopic (exact) mass is 241 g/mol. The minimum absolute atomic E-state index is 0.105. The molecule has 1 fully saturated rings. The predicted molar refractivity (Wildman–Crippen MR) is 69.8 cm³/mol. The van der Waals surface area contributed by atoms with Crippen LogP contribution in [0.5, 0.6) is 0 Å². The van der Waals surface area contributed by atoms with E-state index in [1.54, 1.807) is 0 Å². The van der Waals surface area contributed by atoms with E-state index < -0.39 is 5.97 Å². The number of hydrogen-bond acceptors (Lipinski definition) is 2. The molecule has 0 radical (unpaired) electrons. The molecular formula is C14H27NO2. The van der Waals surface area contributed by atoms with Crippen LogP contribution in [0.3, 0.4) is 0 Å². The summed E-state index contributed by atoms with van der Waals surface area (Å²) in [5.41, 5.74) is 5.80. The zero-order valence-electron chi connectivity index (χ0n) is 11.0. The van der Waals surface area contributed by atoms with E-state index in [9.17, 15) is 4.79 Å². The van der Waals surface area contributed by atoms with Gasteiger partial charge in [0.2, 0.25) is 0 Å². The first kappa shape index (κ1) is 14.5. The largest absolute Gasteiger partial charge is 0.481 e. The minimum atomic E-state index is -0.781. The van der Waals surface area contributed by atoms with E-state index in [2.05, 4.69) is 6.92 Å². The quantitative estimate of drug-likeness (QED) is 0.719. The number of carbonyl (C=O) groups is 1. The van der Waals surface area contributed by atoms with Gasteiger partial charge in [-0.1, -0.05) is 51.9 Å².